The number of alkyl halides is 2. The molecule has 2 aromatic rings. The minimum absolute atomic E-state index is 0.100. The topological polar surface area (TPSA) is 140 Å². The molecule has 1 aromatic heterocycles. The van der Waals surface area contributed by atoms with Gasteiger partial charge in [-0.05, 0) is 30.7 Å². The second-order valence-electron chi connectivity index (χ2n) is 9.83. The molecule has 1 aromatic carbocycles. The van der Waals surface area contributed by atoms with Crippen molar-refractivity contribution in [3.63, 3.8) is 0 Å². The van der Waals surface area contributed by atoms with E-state index in [0.29, 0.717) is 4.57 Å². The number of rotatable bonds is 15. The van der Waals surface area contributed by atoms with Crippen molar-refractivity contribution in [3.05, 3.63) is 58.1 Å². The quantitative estimate of drug-likeness (QED) is 0.217. The summed E-state index contributed by atoms with van der Waals surface area (Å²) in [5, 5.41) is 21.2. The van der Waals surface area contributed by atoms with Crippen molar-refractivity contribution in [3.8, 4) is 0 Å². The Hall–Kier alpha value is -3.22. The van der Waals surface area contributed by atoms with Crippen molar-refractivity contribution < 1.29 is 38.1 Å². The molecule has 0 bridgehead atoms. The molecule has 3 N–H and O–H groups in total. The Kier molecular flexibility index (Phi) is 11.7. The molecule has 1 fully saturated rings. The Morgan fingerprint density at radius 2 is 1.73 bits per heavy atom. The SMILES string of the molecule is CCCCCCCCCCCOC(=O)c1cccc(C(=O)Nc2ccn([C@@H]3O[C@H](CO)[C@@H](O)C3(F)F)c(=O)n2)c1. The van der Waals surface area contributed by atoms with Gasteiger partial charge in [0.25, 0.3) is 5.91 Å². The van der Waals surface area contributed by atoms with Gasteiger partial charge in [-0.1, -0.05) is 64.4 Å². The first-order valence-corrected chi connectivity index (χ1v) is 13.7. The van der Waals surface area contributed by atoms with E-state index in [1.54, 1.807) is 0 Å². The van der Waals surface area contributed by atoms with Gasteiger partial charge in [-0.2, -0.15) is 13.8 Å². The molecule has 40 heavy (non-hydrogen) atoms. The Morgan fingerprint density at radius 1 is 1.07 bits per heavy atom. The summed E-state index contributed by atoms with van der Waals surface area (Å²) < 4.78 is 39.4. The first-order chi connectivity index (χ1) is 19.2. The Labute approximate surface area is 231 Å². The van der Waals surface area contributed by atoms with E-state index >= 15 is 0 Å². The number of anilines is 1. The van der Waals surface area contributed by atoms with E-state index in [4.69, 9.17) is 14.6 Å². The largest absolute Gasteiger partial charge is 0.462 e. The lowest BCUT2D eigenvalue weighted by atomic mass is 10.1. The number of esters is 1. The van der Waals surface area contributed by atoms with Crippen molar-refractivity contribution in [2.45, 2.75) is 89.1 Å². The molecule has 10 nitrogen and oxygen atoms in total. The zero-order valence-electron chi connectivity index (χ0n) is 22.6. The highest BCUT2D eigenvalue weighted by Crippen LogP contribution is 2.42. The highest BCUT2D eigenvalue weighted by atomic mass is 19.3. The number of ether oxygens (including phenoxy) is 2. The molecular formula is C28H37F2N3O7. The van der Waals surface area contributed by atoms with Gasteiger partial charge in [-0.3, -0.25) is 9.36 Å². The molecule has 12 heteroatoms. The van der Waals surface area contributed by atoms with Gasteiger partial charge in [-0.25, -0.2) is 9.59 Å². The van der Waals surface area contributed by atoms with Crippen LogP contribution in [0.4, 0.5) is 14.6 Å². The molecule has 1 amide bonds. The summed E-state index contributed by atoms with van der Waals surface area (Å²) >= 11 is 0. The standard InChI is InChI=1S/C28H37F2N3O7/c1-2-3-4-5-6-7-8-9-10-16-39-25(37)20-13-11-12-19(17-20)24(36)31-22-14-15-33(27(38)32-22)26-28(29,30)23(35)21(18-34)40-26/h11-15,17,21,23,26,34-35H,2-10,16,18H2,1H3,(H,31,32,36,38)/t21-,23-,26-/m1/s1. The summed E-state index contributed by atoms with van der Waals surface area (Å²) in [4.78, 5) is 41.1. The number of carbonyl (C=O) groups is 2. The van der Waals surface area contributed by atoms with Crippen molar-refractivity contribution in [2.75, 3.05) is 18.5 Å². The maximum Gasteiger partial charge on any atom is 0.351 e. The van der Waals surface area contributed by atoms with E-state index in [1.165, 1.54) is 62.8 Å². The first kappa shape index (κ1) is 31.3. The highest BCUT2D eigenvalue weighted by Gasteiger charge is 2.59. The third kappa shape index (κ3) is 8.15. The molecule has 1 saturated heterocycles. The van der Waals surface area contributed by atoms with E-state index in [1.807, 2.05) is 0 Å². The minimum atomic E-state index is -3.85. The number of aliphatic hydroxyl groups is 2. The fraction of sp³-hybridized carbons (Fsp3) is 0.571. The van der Waals surface area contributed by atoms with Crippen LogP contribution in [0.15, 0.2) is 41.3 Å². The molecular weight excluding hydrogens is 528 g/mol. The number of unbranched alkanes of at least 4 members (excludes halogenated alkanes) is 8. The van der Waals surface area contributed by atoms with Crippen LogP contribution in [-0.2, 0) is 9.47 Å². The van der Waals surface area contributed by atoms with Crippen molar-refractivity contribution in [2.24, 2.45) is 0 Å². The van der Waals surface area contributed by atoms with E-state index in [0.717, 1.165) is 31.5 Å². The number of benzene rings is 1. The Bertz CT molecular complexity index is 1190. The lowest BCUT2D eigenvalue weighted by Gasteiger charge is -2.21. The first-order valence-electron chi connectivity index (χ1n) is 13.7. The Morgan fingerprint density at radius 3 is 2.35 bits per heavy atom. The summed E-state index contributed by atoms with van der Waals surface area (Å²) in [6.07, 6.45) is 5.16. The van der Waals surface area contributed by atoms with Crippen LogP contribution in [0.3, 0.4) is 0 Å². The molecule has 1 aliphatic heterocycles. The third-order valence-corrected chi connectivity index (χ3v) is 6.73. The molecule has 0 aliphatic carbocycles. The summed E-state index contributed by atoms with van der Waals surface area (Å²) in [5.74, 6) is -5.32. The van der Waals surface area contributed by atoms with Crippen LogP contribution in [0.25, 0.3) is 0 Å². The number of nitrogens with one attached hydrogen (secondary N) is 1. The molecule has 0 radical (unpaired) electrons. The van der Waals surface area contributed by atoms with Gasteiger partial charge >= 0.3 is 17.6 Å². The second kappa shape index (κ2) is 15.0. The highest BCUT2D eigenvalue weighted by molar-refractivity contribution is 6.05. The molecule has 3 rings (SSSR count). The normalized spacial score (nSPS) is 19.9. The predicted molar refractivity (Wildman–Crippen MR) is 142 cm³/mol. The predicted octanol–water partition coefficient (Wildman–Crippen LogP) is 4.07. The van der Waals surface area contributed by atoms with E-state index in [-0.39, 0.29) is 23.6 Å². The number of amides is 1. The number of halogens is 2. The smallest absolute Gasteiger partial charge is 0.351 e. The molecule has 0 unspecified atom stereocenters. The van der Waals surface area contributed by atoms with Crippen LogP contribution in [0.5, 0.6) is 0 Å². The van der Waals surface area contributed by atoms with Gasteiger partial charge in [0.05, 0.1) is 18.8 Å². The summed E-state index contributed by atoms with van der Waals surface area (Å²) in [6, 6.07) is 6.94. The van der Waals surface area contributed by atoms with Crippen molar-refractivity contribution in [1.29, 1.82) is 0 Å². The van der Waals surface area contributed by atoms with Crippen molar-refractivity contribution in [1.82, 2.24) is 9.55 Å². The number of carbonyl (C=O) groups excluding carboxylic acids is 2. The lowest BCUT2D eigenvalue weighted by Crippen LogP contribution is -2.41. The summed E-state index contributed by atoms with van der Waals surface area (Å²) in [5.41, 5.74) is -0.880. The van der Waals surface area contributed by atoms with Crippen LogP contribution in [0, 0.1) is 0 Å². The molecule has 1 aliphatic rings. The molecule has 0 saturated carbocycles. The number of aliphatic hydroxyl groups excluding tert-OH is 2. The van der Waals surface area contributed by atoms with E-state index in [9.17, 15) is 28.3 Å². The van der Waals surface area contributed by atoms with Gasteiger partial charge in [0.1, 0.15) is 11.9 Å². The summed E-state index contributed by atoms with van der Waals surface area (Å²) in [7, 11) is 0. The van der Waals surface area contributed by atoms with E-state index < -0.39 is 48.5 Å². The van der Waals surface area contributed by atoms with Crippen LogP contribution in [0.1, 0.15) is 91.7 Å². The second-order valence-corrected chi connectivity index (χ2v) is 9.83. The molecule has 2 heterocycles. The fourth-order valence-corrected chi connectivity index (χ4v) is 4.42. The van der Waals surface area contributed by atoms with Gasteiger partial charge in [-0.15, -0.1) is 0 Å². The Balaban J connectivity index is 1.50. The minimum Gasteiger partial charge on any atom is -0.462 e. The maximum absolute atomic E-state index is 14.4. The molecule has 0 spiro atoms. The monoisotopic (exact) mass is 565 g/mol. The number of hydrogen-bond acceptors (Lipinski definition) is 8. The van der Waals surface area contributed by atoms with Crippen LogP contribution >= 0.6 is 0 Å². The van der Waals surface area contributed by atoms with Crippen LogP contribution in [-0.4, -0.2) is 63.0 Å². The lowest BCUT2D eigenvalue weighted by molar-refractivity contribution is -0.140. The zero-order chi connectivity index (χ0) is 29.1. The average Bonchev–Trinajstić information content (AvgIpc) is 3.17. The fourth-order valence-electron chi connectivity index (χ4n) is 4.42. The number of aromatic nitrogens is 2. The number of hydrogen-bond donors (Lipinski definition) is 3. The van der Waals surface area contributed by atoms with Gasteiger partial charge in [0.15, 0.2) is 6.10 Å². The number of nitrogens with zero attached hydrogens (tertiary/aromatic N) is 2. The zero-order valence-corrected chi connectivity index (χ0v) is 22.6. The van der Waals surface area contributed by atoms with Crippen molar-refractivity contribution >= 4 is 17.7 Å². The summed E-state index contributed by atoms with van der Waals surface area (Å²) in [6.45, 7) is 1.61. The van der Waals surface area contributed by atoms with Crippen LogP contribution < -0.4 is 11.0 Å². The van der Waals surface area contributed by atoms with Crippen LogP contribution in [0.2, 0.25) is 0 Å². The third-order valence-electron chi connectivity index (χ3n) is 6.73. The van der Waals surface area contributed by atoms with Gasteiger partial charge < -0.3 is 25.0 Å². The molecule has 3 atom stereocenters. The average molecular weight is 566 g/mol. The van der Waals surface area contributed by atoms with Gasteiger partial charge in [0, 0.05) is 11.8 Å². The maximum atomic E-state index is 14.4. The molecule has 220 valence electrons. The van der Waals surface area contributed by atoms with Gasteiger partial charge in [0.2, 0.25) is 6.23 Å². The van der Waals surface area contributed by atoms with E-state index in [2.05, 4.69) is 17.2 Å².